The summed E-state index contributed by atoms with van der Waals surface area (Å²) < 4.78 is 57.4. The van der Waals surface area contributed by atoms with Gasteiger partial charge in [0.1, 0.15) is 11.9 Å². The Kier molecular flexibility index (Phi) is 7.06. The Bertz CT molecular complexity index is 308. The molecular formula is C9H16F3O5P. The summed E-state index contributed by atoms with van der Waals surface area (Å²) in [5, 5.41) is 8.70. The second-order valence-corrected chi connectivity index (χ2v) is 5.46. The van der Waals surface area contributed by atoms with E-state index in [0.717, 1.165) is 0 Å². The van der Waals surface area contributed by atoms with Gasteiger partial charge in [0.05, 0.1) is 13.2 Å². The molecule has 0 fully saturated rings. The third-order valence-electron chi connectivity index (χ3n) is 1.82. The van der Waals surface area contributed by atoms with Gasteiger partial charge < -0.3 is 14.2 Å². The van der Waals surface area contributed by atoms with Gasteiger partial charge in [-0.05, 0) is 13.8 Å². The molecule has 0 saturated carbocycles. The number of carbonyl (C=O) groups is 1. The predicted octanol–water partition coefficient (Wildman–Crippen LogP) is 2.13. The van der Waals surface area contributed by atoms with Crippen molar-refractivity contribution in [3.05, 3.63) is 0 Å². The normalized spacial score (nSPS) is 14.6. The fourth-order valence-electron chi connectivity index (χ4n) is 1.13. The number of ketones is 1. The Morgan fingerprint density at radius 2 is 1.72 bits per heavy atom. The van der Waals surface area contributed by atoms with E-state index in [1.165, 1.54) is 13.8 Å². The maximum Gasteiger partial charge on any atom is 0.414 e. The SMILES string of the molecule is CCOP(=O)(CC(=O)C[C@@H](O)C(F)(F)F)OCC. The first kappa shape index (κ1) is 17.6. The molecule has 0 saturated heterocycles. The van der Waals surface area contributed by atoms with Crippen LogP contribution in [0.4, 0.5) is 13.2 Å². The summed E-state index contributed by atoms with van der Waals surface area (Å²) >= 11 is 0. The number of hydrogen-bond donors (Lipinski definition) is 1. The number of halogens is 3. The van der Waals surface area contributed by atoms with Crippen molar-refractivity contribution in [1.82, 2.24) is 0 Å². The summed E-state index contributed by atoms with van der Waals surface area (Å²) in [7, 11) is -3.71. The molecule has 108 valence electrons. The molecule has 0 aliphatic heterocycles. The fourth-order valence-corrected chi connectivity index (χ4v) is 2.74. The van der Waals surface area contributed by atoms with Crippen LogP contribution in [0.1, 0.15) is 20.3 Å². The first-order valence-corrected chi connectivity index (χ1v) is 7.02. The maximum absolute atomic E-state index is 12.0. The van der Waals surface area contributed by atoms with E-state index in [-0.39, 0.29) is 13.2 Å². The Morgan fingerprint density at radius 1 is 1.28 bits per heavy atom. The minimum atomic E-state index is -4.88. The fraction of sp³-hybridized carbons (Fsp3) is 0.889. The predicted molar refractivity (Wildman–Crippen MR) is 57.4 cm³/mol. The van der Waals surface area contributed by atoms with Gasteiger partial charge in [0.2, 0.25) is 0 Å². The summed E-state index contributed by atoms with van der Waals surface area (Å²) in [6.45, 7) is 3.04. The summed E-state index contributed by atoms with van der Waals surface area (Å²) in [4.78, 5) is 11.3. The lowest BCUT2D eigenvalue weighted by Crippen LogP contribution is -2.31. The van der Waals surface area contributed by atoms with Crippen LogP contribution in [0.5, 0.6) is 0 Å². The number of alkyl halides is 3. The van der Waals surface area contributed by atoms with Crippen LogP contribution in [0, 0.1) is 0 Å². The maximum atomic E-state index is 12.0. The number of rotatable bonds is 8. The summed E-state index contributed by atoms with van der Waals surface area (Å²) in [5.41, 5.74) is 0. The Balaban J connectivity index is 4.49. The molecule has 0 spiro atoms. The van der Waals surface area contributed by atoms with E-state index < -0.39 is 38.2 Å². The molecule has 0 aliphatic carbocycles. The van der Waals surface area contributed by atoms with Crippen LogP contribution in [-0.4, -0.2) is 42.5 Å². The largest absolute Gasteiger partial charge is 0.414 e. The van der Waals surface area contributed by atoms with E-state index in [4.69, 9.17) is 14.2 Å². The van der Waals surface area contributed by atoms with Crippen molar-refractivity contribution in [2.75, 3.05) is 19.4 Å². The molecule has 0 unspecified atom stereocenters. The summed E-state index contributed by atoms with van der Waals surface area (Å²) in [6, 6.07) is 0. The van der Waals surface area contributed by atoms with Crippen molar-refractivity contribution in [2.24, 2.45) is 0 Å². The van der Waals surface area contributed by atoms with Gasteiger partial charge in [-0.1, -0.05) is 0 Å². The van der Waals surface area contributed by atoms with Crippen molar-refractivity contribution in [3.8, 4) is 0 Å². The van der Waals surface area contributed by atoms with E-state index >= 15 is 0 Å². The quantitative estimate of drug-likeness (QED) is 0.694. The molecule has 0 aromatic heterocycles. The zero-order chi connectivity index (χ0) is 14.4. The van der Waals surface area contributed by atoms with Crippen molar-refractivity contribution in [3.63, 3.8) is 0 Å². The van der Waals surface area contributed by atoms with Crippen LogP contribution in [0.15, 0.2) is 0 Å². The molecule has 0 aromatic rings. The molecule has 0 aliphatic rings. The molecule has 18 heavy (non-hydrogen) atoms. The minimum Gasteiger partial charge on any atom is -0.383 e. The number of hydrogen-bond acceptors (Lipinski definition) is 5. The Morgan fingerprint density at radius 3 is 2.06 bits per heavy atom. The molecule has 0 rings (SSSR count). The van der Waals surface area contributed by atoms with Gasteiger partial charge in [-0.3, -0.25) is 9.36 Å². The smallest absolute Gasteiger partial charge is 0.383 e. The lowest BCUT2D eigenvalue weighted by atomic mass is 10.2. The first-order chi connectivity index (χ1) is 8.14. The van der Waals surface area contributed by atoms with Crippen molar-refractivity contribution in [1.29, 1.82) is 0 Å². The van der Waals surface area contributed by atoms with Crippen LogP contribution in [0.25, 0.3) is 0 Å². The molecule has 0 heterocycles. The number of Topliss-reactive ketones (excluding diaryl/α,β-unsaturated/α-hetero) is 1. The van der Waals surface area contributed by atoms with Crippen LogP contribution < -0.4 is 0 Å². The van der Waals surface area contributed by atoms with Gasteiger partial charge in [0.25, 0.3) is 0 Å². The van der Waals surface area contributed by atoms with Crippen molar-refractivity contribution < 1.29 is 36.7 Å². The van der Waals surface area contributed by atoms with E-state index in [1.807, 2.05) is 0 Å². The van der Waals surface area contributed by atoms with Crippen LogP contribution >= 0.6 is 7.60 Å². The van der Waals surface area contributed by atoms with Gasteiger partial charge in [0.15, 0.2) is 6.10 Å². The first-order valence-electron chi connectivity index (χ1n) is 5.29. The number of aliphatic hydroxyl groups excluding tert-OH is 1. The number of carbonyl (C=O) groups excluding carboxylic acids is 1. The third-order valence-corrected chi connectivity index (χ3v) is 3.86. The van der Waals surface area contributed by atoms with Crippen LogP contribution in [-0.2, 0) is 18.4 Å². The highest BCUT2D eigenvalue weighted by atomic mass is 31.2. The summed E-state index contributed by atoms with van der Waals surface area (Å²) in [6.07, 6.45) is -9.58. The number of aliphatic hydroxyl groups is 1. The second kappa shape index (κ2) is 7.23. The van der Waals surface area contributed by atoms with Crippen molar-refractivity contribution in [2.45, 2.75) is 32.5 Å². The standard InChI is InChI=1S/C9H16F3O5P/c1-3-16-18(15,17-4-2)6-7(13)5-8(14)9(10,11)12/h8,14H,3-6H2,1-2H3/t8-/m1/s1. The zero-order valence-electron chi connectivity index (χ0n) is 10.1. The Hall–Kier alpha value is -0.430. The van der Waals surface area contributed by atoms with Gasteiger partial charge in [0, 0.05) is 6.42 Å². The van der Waals surface area contributed by atoms with Gasteiger partial charge >= 0.3 is 13.8 Å². The third kappa shape index (κ3) is 6.49. The molecule has 1 atom stereocenters. The van der Waals surface area contributed by atoms with Gasteiger partial charge in [-0.25, -0.2) is 0 Å². The molecule has 0 amide bonds. The molecule has 0 radical (unpaired) electrons. The van der Waals surface area contributed by atoms with E-state index in [1.54, 1.807) is 0 Å². The molecular weight excluding hydrogens is 276 g/mol. The summed E-state index contributed by atoms with van der Waals surface area (Å²) in [5.74, 6) is -1.02. The van der Waals surface area contributed by atoms with Crippen molar-refractivity contribution >= 4 is 13.4 Å². The average molecular weight is 292 g/mol. The van der Waals surface area contributed by atoms with Crippen LogP contribution in [0.3, 0.4) is 0 Å². The molecule has 9 heteroatoms. The van der Waals surface area contributed by atoms with E-state index in [2.05, 4.69) is 0 Å². The van der Waals surface area contributed by atoms with E-state index in [0.29, 0.717) is 0 Å². The van der Waals surface area contributed by atoms with Crippen LogP contribution in [0.2, 0.25) is 0 Å². The van der Waals surface area contributed by atoms with Gasteiger partial charge in [-0.2, -0.15) is 13.2 Å². The highest BCUT2D eigenvalue weighted by molar-refractivity contribution is 7.54. The molecule has 1 N–H and O–H groups in total. The highest BCUT2D eigenvalue weighted by Crippen LogP contribution is 2.48. The molecule has 0 bridgehead atoms. The van der Waals surface area contributed by atoms with Gasteiger partial charge in [-0.15, -0.1) is 0 Å². The lowest BCUT2D eigenvalue weighted by Gasteiger charge is -2.18. The lowest BCUT2D eigenvalue weighted by molar-refractivity contribution is -0.205. The molecule has 5 nitrogen and oxygen atoms in total. The Labute approximate surface area is 103 Å². The topological polar surface area (TPSA) is 72.8 Å². The monoisotopic (exact) mass is 292 g/mol. The van der Waals surface area contributed by atoms with E-state index in [9.17, 15) is 22.5 Å². The minimum absolute atomic E-state index is 0.00633. The highest BCUT2D eigenvalue weighted by Gasteiger charge is 2.40. The average Bonchev–Trinajstić information content (AvgIpc) is 2.15. The second-order valence-electron chi connectivity index (χ2n) is 3.40. The zero-order valence-corrected chi connectivity index (χ0v) is 11.0. The molecule has 0 aromatic carbocycles.